The number of nitro groups is 1. The maximum absolute atomic E-state index is 11.2. The fraction of sp³-hybridized carbons (Fsp3) is 0.200. The minimum Gasteiger partial charge on any atom is -0.362 e. The first-order valence-electron chi connectivity index (χ1n) is 6.32. The molecule has 21 heavy (non-hydrogen) atoms. The number of halogens is 2. The highest BCUT2D eigenvalue weighted by molar-refractivity contribution is 9.10. The second-order valence-electron chi connectivity index (χ2n) is 4.73. The molecule has 6 heteroatoms. The Labute approximate surface area is 136 Å². The number of benzene rings is 2. The number of hydrogen-bond acceptors (Lipinski definition) is 3. The molecule has 2 aromatic carbocycles. The van der Waals surface area contributed by atoms with Crippen LogP contribution in [-0.4, -0.2) is 12.0 Å². The zero-order valence-electron chi connectivity index (χ0n) is 11.6. The highest BCUT2D eigenvalue weighted by Gasteiger charge is 2.21. The van der Waals surface area contributed by atoms with Gasteiger partial charge in [0.25, 0.3) is 5.69 Å². The molecule has 1 atom stereocenters. The molecule has 0 radical (unpaired) electrons. The van der Waals surface area contributed by atoms with Crippen LogP contribution in [0.25, 0.3) is 0 Å². The van der Waals surface area contributed by atoms with E-state index < -0.39 is 0 Å². The molecule has 0 bridgehead atoms. The van der Waals surface area contributed by atoms with Gasteiger partial charge in [-0.1, -0.05) is 39.7 Å². The molecule has 0 saturated carbocycles. The molecule has 2 rings (SSSR count). The van der Waals surface area contributed by atoms with Crippen molar-refractivity contribution in [3.05, 3.63) is 67.6 Å². The normalized spacial score (nSPS) is 12.0. The molecule has 0 saturated heterocycles. The van der Waals surface area contributed by atoms with Crippen molar-refractivity contribution in [2.45, 2.75) is 13.0 Å². The van der Waals surface area contributed by atoms with Crippen LogP contribution in [0.1, 0.15) is 18.5 Å². The topological polar surface area (TPSA) is 46.4 Å². The minimum absolute atomic E-state index is 0.0119. The second kappa shape index (κ2) is 6.45. The monoisotopic (exact) mass is 368 g/mol. The van der Waals surface area contributed by atoms with Crippen molar-refractivity contribution in [3.63, 3.8) is 0 Å². The number of nitrogens with zero attached hydrogens (tertiary/aromatic N) is 2. The molecule has 0 heterocycles. The quantitative estimate of drug-likeness (QED) is 0.549. The van der Waals surface area contributed by atoms with Crippen LogP contribution >= 0.6 is 27.5 Å². The molecular weight excluding hydrogens is 356 g/mol. The highest BCUT2D eigenvalue weighted by atomic mass is 79.9. The Morgan fingerprint density at radius 3 is 2.43 bits per heavy atom. The maximum atomic E-state index is 11.2. The number of anilines is 1. The first kappa shape index (κ1) is 15.8. The first-order chi connectivity index (χ1) is 9.90. The van der Waals surface area contributed by atoms with E-state index >= 15 is 0 Å². The van der Waals surface area contributed by atoms with Gasteiger partial charge in [-0.25, -0.2) is 0 Å². The SMILES string of the molecule is CC(c1ccc(Cl)cc1)N(C)c1ccc(Br)cc1[N+](=O)[O-]. The van der Waals surface area contributed by atoms with Crippen LogP contribution in [0.3, 0.4) is 0 Å². The van der Waals surface area contributed by atoms with Crippen LogP contribution in [0.15, 0.2) is 46.9 Å². The lowest BCUT2D eigenvalue weighted by Crippen LogP contribution is -2.22. The zero-order valence-corrected chi connectivity index (χ0v) is 13.9. The van der Waals surface area contributed by atoms with E-state index in [1.165, 1.54) is 6.07 Å². The third kappa shape index (κ3) is 3.54. The van der Waals surface area contributed by atoms with Crippen LogP contribution in [0, 0.1) is 10.1 Å². The molecule has 0 fully saturated rings. The van der Waals surface area contributed by atoms with E-state index in [1.807, 2.05) is 43.1 Å². The second-order valence-corrected chi connectivity index (χ2v) is 6.08. The van der Waals surface area contributed by atoms with Crippen molar-refractivity contribution >= 4 is 38.9 Å². The Kier molecular flexibility index (Phi) is 4.85. The van der Waals surface area contributed by atoms with Gasteiger partial charge in [-0.05, 0) is 36.8 Å². The maximum Gasteiger partial charge on any atom is 0.293 e. The van der Waals surface area contributed by atoms with Crippen LogP contribution in [0.5, 0.6) is 0 Å². The predicted molar refractivity (Wildman–Crippen MR) is 89.1 cm³/mol. The average Bonchev–Trinajstić information content (AvgIpc) is 2.46. The van der Waals surface area contributed by atoms with Crippen molar-refractivity contribution in [2.75, 3.05) is 11.9 Å². The summed E-state index contributed by atoms with van der Waals surface area (Å²) in [6.07, 6.45) is 0. The molecule has 0 aromatic heterocycles. The Balaban J connectivity index is 2.37. The summed E-state index contributed by atoms with van der Waals surface area (Å²) in [5.74, 6) is 0. The van der Waals surface area contributed by atoms with Gasteiger partial charge >= 0.3 is 0 Å². The fourth-order valence-electron chi connectivity index (χ4n) is 2.11. The van der Waals surface area contributed by atoms with Crippen molar-refractivity contribution < 1.29 is 4.92 Å². The average molecular weight is 370 g/mol. The summed E-state index contributed by atoms with van der Waals surface area (Å²) in [7, 11) is 1.84. The smallest absolute Gasteiger partial charge is 0.293 e. The van der Waals surface area contributed by atoms with Crippen molar-refractivity contribution in [2.24, 2.45) is 0 Å². The summed E-state index contributed by atoms with van der Waals surface area (Å²) in [6, 6.07) is 12.5. The Bertz CT molecular complexity index is 661. The van der Waals surface area contributed by atoms with Gasteiger partial charge in [-0.15, -0.1) is 0 Å². The third-order valence-electron chi connectivity index (χ3n) is 3.45. The molecule has 4 nitrogen and oxygen atoms in total. The standard InChI is InChI=1S/C15H14BrClN2O2/c1-10(11-3-6-13(17)7-4-11)18(2)14-8-5-12(16)9-15(14)19(20)21/h3-10H,1-2H3. The number of rotatable bonds is 4. The van der Waals surface area contributed by atoms with E-state index in [0.717, 1.165) is 5.56 Å². The highest BCUT2D eigenvalue weighted by Crippen LogP contribution is 2.35. The van der Waals surface area contributed by atoms with E-state index in [-0.39, 0.29) is 16.7 Å². The first-order valence-corrected chi connectivity index (χ1v) is 7.49. The predicted octanol–water partition coefficient (Wildman–Crippen LogP) is 5.21. The van der Waals surface area contributed by atoms with E-state index in [1.54, 1.807) is 12.1 Å². The summed E-state index contributed by atoms with van der Waals surface area (Å²) in [5, 5.41) is 11.9. The van der Waals surface area contributed by atoms with Gasteiger partial charge in [0.15, 0.2) is 0 Å². The van der Waals surface area contributed by atoms with Gasteiger partial charge < -0.3 is 4.90 Å². The van der Waals surface area contributed by atoms with Gasteiger partial charge in [-0.3, -0.25) is 10.1 Å². The summed E-state index contributed by atoms with van der Waals surface area (Å²) < 4.78 is 0.686. The number of nitro benzene ring substituents is 1. The Morgan fingerprint density at radius 1 is 1.24 bits per heavy atom. The molecular formula is C15H14BrClN2O2. The van der Waals surface area contributed by atoms with E-state index in [2.05, 4.69) is 15.9 Å². The van der Waals surface area contributed by atoms with E-state index in [9.17, 15) is 10.1 Å². The van der Waals surface area contributed by atoms with Crippen molar-refractivity contribution in [1.29, 1.82) is 0 Å². The van der Waals surface area contributed by atoms with Crippen LogP contribution in [-0.2, 0) is 0 Å². The largest absolute Gasteiger partial charge is 0.362 e. The summed E-state index contributed by atoms with van der Waals surface area (Å²) >= 11 is 9.16. The lowest BCUT2D eigenvalue weighted by Gasteiger charge is -2.27. The molecule has 0 aliphatic heterocycles. The van der Waals surface area contributed by atoms with E-state index in [0.29, 0.717) is 15.2 Å². The van der Waals surface area contributed by atoms with Crippen molar-refractivity contribution in [1.82, 2.24) is 0 Å². The van der Waals surface area contributed by atoms with Gasteiger partial charge in [-0.2, -0.15) is 0 Å². The third-order valence-corrected chi connectivity index (χ3v) is 4.19. The van der Waals surface area contributed by atoms with Gasteiger partial charge in [0, 0.05) is 22.6 Å². The molecule has 0 spiro atoms. The molecule has 0 amide bonds. The molecule has 2 aromatic rings. The molecule has 110 valence electrons. The van der Waals surface area contributed by atoms with Crippen LogP contribution < -0.4 is 4.90 Å². The van der Waals surface area contributed by atoms with Crippen molar-refractivity contribution in [3.8, 4) is 0 Å². The zero-order chi connectivity index (χ0) is 15.6. The fourth-order valence-corrected chi connectivity index (χ4v) is 2.59. The lowest BCUT2D eigenvalue weighted by molar-refractivity contribution is -0.384. The van der Waals surface area contributed by atoms with Crippen LogP contribution in [0.2, 0.25) is 5.02 Å². The Morgan fingerprint density at radius 2 is 1.86 bits per heavy atom. The van der Waals surface area contributed by atoms with Crippen LogP contribution in [0.4, 0.5) is 11.4 Å². The van der Waals surface area contributed by atoms with E-state index in [4.69, 9.17) is 11.6 Å². The van der Waals surface area contributed by atoms with Gasteiger partial charge in [0.05, 0.1) is 11.0 Å². The summed E-state index contributed by atoms with van der Waals surface area (Å²) in [5.41, 5.74) is 1.69. The van der Waals surface area contributed by atoms with Gasteiger partial charge in [0.2, 0.25) is 0 Å². The molecule has 1 unspecified atom stereocenters. The van der Waals surface area contributed by atoms with Gasteiger partial charge in [0.1, 0.15) is 5.69 Å². The lowest BCUT2D eigenvalue weighted by atomic mass is 10.1. The number of hydrogen-bond donors (Lipinski definition) is 0. The molecule has 0 N–H and O–H groups in total. The molecule has 0 aliphatic carbocycles. The minimum atomic E-state index is -0.370. The Hall–Kier alpha value is -1.59. The molecule has 0 aliphatic rings. The summed E-state index contributed by atoms with van der Waals surface area (Å²) in [6.45, 7) is 2.00. The summed E-state index contributed by atoms with van der Waals surface area (Å²) in [4.78, 5) is 12.7.